The zero-order valence-corrected chi connectivity index (χ0v) is 18.7. The lowest BCUT2D eigenvalue weighted by atomic mass is 9.98. The molecule has 0 saturated carbocycles. The van der Waals surface area contributed by atoms with Gasteiger partial charge in [-0.3, -0.25) is 4.79 Å². The Balaban J connectivity index is 1.97. The molecule has 0 fully saturated rings. The number of methoxy groups -OCH3 is 2. The standard InChI is InChI=1S/C22H27NO6S/c1-14(2)29-19-7-6-17(30(5,25)26)12-18(19)22(24)23-9-8-15-10-20(27-3)21(28-4)11-16(15)13-23/h6-7,10-12,14H,8-9,13H2,1-5H3. The van der Waals surface area contributed by atoms with E-state index in [0.29, 0.717) is 36.8 Å². The van der Waals surface area contributed by atoms with Gasteiger partial charge in [-0.05, 0) is 61.7 Å². The fraction of sp³-hybridized carbons (Fsp3) is 0.409. The molecule has 1 aliphatic rings. The Morgan fingerprint density at radius 3 is 2.20 bits per heavy atom. The van der Waals surface area contributed by atoms with Gasteiger partial charge in [-0.2, -0.15) is 0 Å². The van der Waals surface area contributed by atoms with E-state index in [9.17, 15) is 13.2 Å². The van der Waals surface area contributed by atoms with Crippen molar-refractivity contribution in [2.45, 2.75) is 37.8 Å². The van der Waals surface area contributed by atoms with Crippen LogP contribution in [-0.4, -0.2) is 52.3 Å². The largest absolute Gasteiger partial charge is 0.493 e. The van der Waals surface area contributed by atoms with E-state index in [1.807, 2.05) is 26.0 Å². The van der Waals surface area contributed by atoms with Crippen molar-refractivity contribution in [3.05, 3.63) is 47.0 Å². The lowest BCUT2D eigenvalue weighted by molar-refractivity contribution is 0.0728. The number of benzene rings is 2. The lowest BCUT2D eigenvalue weighted by Crippen LogP contribution is -2.36. The number of carbonyl (C=O) groups excluding carboxylic acids is 1. The van der Waals surface area contributed by atoms with Crippen molar-refractivity contribution < 1.29 is 27.4 Å². The molecule has 8 heteroatoms. The highest BCUT2D eigenvalue weighted by Crippen LogP contribution is 2.34. The second-order valence-electron chi connectivity index (χ2n) is 7.55. The van der Waals surface area contributed by atoms with E-state index in [1.54, 1.807) is 25.2 Å². The fourth-order valence-electron chi connectivity index (χ4n) is 3.49. The Morgan fingerprint density at radius 1 is 1.00 bits per heavy atom. The molecule has 1 amide bonds. The maximum absolute atomic E-state index is 13.4. The minimum absolute atomic E-state index is 0.0887. The molecule has 162 valence electrons. The van der Waals surface area contributed by atoms with E-state index >= 15 is 0 Å². The molecule has 30 heavy (non-hydrogen) atoms. The number of amides is 1. The first kappa shape index (κ1) is 22.0. The number of nitrogens with zero attached hydrogens (tertiary/aromatic N) is 1. The van der Waals surface area contributed by atoms with E-state index in [1.165, 1.54) is 12.1 Å². The van der Waals surface area contributed by atoms with Gasteiger partial charge in [-0.15, -0.1) is 0 Å². The molecule has 0 aliphatic carbocycles. The summed E-state index contributed by atoms with van der Waals surface area (Å²) in [7, 11) is -0.294. The topological polar surface area (TPSA) is 82.1 Å². The van der Waals surface area contributed by atoms with E-state index in [2.05, 4.69) is 0 Å². The van der Waals surface area contributed by atoms with E-state index < -0.39 is 9.84 Å². The Morgan fingerprint density at radius 2 is 1.63 bits per heavy atom. The van der Waals surface area contributed by atoms with Gasteiger partial charge in [-0.1, -0.05) is 0 Å². The number of hydrogen-bond acceptors (Lipinski definition) is 6. The molecule has 0 radical (unpaired) electrons. The number of hydrogen-bond donors (Lipinski definition) is 0. The molecule has 0 N–H and O–H groups in total. The molecule has 0 bridgehead atoms. The summed E-state index contributed by atoms with van der Waals surface area (Å²) in [6.07, 6.45) is 1.63. The van der Waals surface area contributed by atoms with Gasteiger partial charge in [0.1, 0.15) is 5.75 Å². The third-order valence-electron chi connectivity index (χ3n) is 4.98. The fourth-order valence-corrected chi connectivity index (χ4v) is 4.14. The monoisotopic (exact) mass is 433 g/mol. The van der Waals surface area contributed by atoms with Crippen LogP contribution in [0, 0.1) is 0 Å². The maximum atomic E-state index is 13.4. The molecular formula is C22H27NO6S. The summed E-state index contributed by atoms with van der Waals surface area (Å²) in [5.74, 6) is 1.37. The molecule has 0 saturated heterocycles. The number of ether oxygens (including phenoxy) is 3. The van der Waals surface area contributed by atoms with E-state index in [-0.39, 0.29) is 22.5 Å². The van der Waals surface area contributed by atoms with Crippen molar-refractivity contribution in [1.29, 1.82) is 0 Å². The lowest BCUT2D eigenvalue weighted by Gasteiger charge is -2.30. The summed E-state index contributed by atoms with van der Waals surface area (Å²) in [4.78, 5) is 15.1. The highest BCUT2D eigenvalue weighted by atomic mass is 32.2. The van der Waals surface area contributed by atoms with Gasteiger partial charge in [-0.25, -0.2) is 8.42 Å². The Kier molecular flexibility index (Phi) is 6.26. The summed E-state index contributed by atoms with van der Waals surface area (Å²) in [6.45, 7) is 4.61. The number of rotatable bonds is 6. The second kappa shape index (κ2) is 8.55. The molecular weight excluding hydrogens is 406 g/mol. The summed E-state index contributed by atoms with van der Waals surface area (Å²) in [5, 5.41) is 0. The van der Waals surface area contributed by atoms with Gasteiger partial charge in [0.05, 0.1) is 30.8 Å². The molecule has 1 aliphatic heterocycles. The van der Waals surface area contributed by atoms with Gasteiger partial charge in [0.2, 0.25) is 0 Å². The van der Waals surface area contributed by atoms with Gasteiger partial charge in [0.25, 0.3) is 5.91 Å². The Hall–Kier alpha value is -2.74. The first-order chi connectivity index (χ1) is 14.1. The Bertz CT molecular complexity index is 1060. The summed E-state index contributed by atoms with van der Waals surface area (Å²) in [6, 6.07) is 8.24. The van der Waals surface area contributed by atoms with Gasteiger partial charge in [0.15, 0.2) is 21.3 Å². The average molecular weight is 434 g/mol. The zero-order chi connectivity index (χ0) is 22.1. The van der Waals surface area contributed by atoms with Crippen LogP contribution in [0.25, 0.3) is 0 Å². The molecule has 0 spiro atoms. The third-order valence-corrected chi connectivity index (χ3v) is 6.09. The summed E-state index contributed by atoms with van der Waals surface area (Å²) in [5.41, 5.74) is 2.31. The van der Waals surface area contributed by atoms with Crippen molar-refractivity contribution in [1.82, 2.24) is 4.90 Å². The first-order valence-electron chi connectivity index (χ1n) is 9.68. The van der Waals surface area contributed by atoms with Crippen LogP contribution >= 0.6 is 0 Å². The molecule has 2 aromatic rings. The number of sulfone groups is 1. The molecule has 3 rings (SSSR count). The SMILES string of the molecule is COc1cc2c(cc1OC)CN(C(=O)c1cc(S(C)(=O)=O)ccc1OC(C)C)CC2. The van der Waals surface area contributed by atoms with Crippen molar-refractivity contribution in [3.8, 4) is 17.2 Å². The third kappa shape index (κ3) is 4.53. The van der Waals surface area contributed by atoms with Gasteiger partial charge in [0, 0.05) is 19.3 Å². The zero-order valence-electron chi connectivity index (χ0n) is 17.9. The highest BCUT2D eigenvalue weighted by Gasteiger charge is 2.27. The summed E-state index contributed by atoms with van der Waals surface area (Å²) < 4.78 is 40.6. The quantitative estimate of drug-likeness (QED) is 0.696. The van der Waals surface area contributed by atoms with Crippen molar-refractivity contribution in [2.24, 2.45) is 0 Å². The van der Waals surface area contributed by atoms with Crippen LogP contribution in [0.5, 0.6) is 17.2 Å². The minimum atomic E-state index is -3.46. The minimum Gasteiger partial charge on any atom is -0.493 e. The predicted molar refractivity (Wildman–Crippen MR) is 113 cm³/mol. The van der Waals surface area contributed by atoms with Crippen molar-refractivity contribution >= 4 is 15.7 Å². The van der Waals surface area contributed by atoms with Crippen LogP contribution in [0.4, 0.5) is 0 Å². The van der Waals surface area contributed by atoms with Gasteiger partial charge >= 0.3 is 0 Å². The highest BCUT2D eigenvalue weighted by molar-refractivity contribution is 7.90. The molecule has 2 aromatic carbocycles. The van der Waals surface area contributed by atoms with Crippen LogP contribution in [0.2, 0.25) is 0 Å². The summed E-state index contributed by atoms with van der Waals surface area (Å²) >= 11 is 0. The van der Waals surface area contributed by atoms with Crippen molar-refractivity contribution in [3.63, 3.8) is 0 Å². The van der Waals surface area contributed by atoms with E-state index in [0.717, 1.165) is 17.4 Å². The van der Waals surface area contributed by atoms with E-state index in [4.69, 9.17) is 14.2 Å². The normalized spacial score (nSPS) is 13.7. The maximum Gasteiger partial charge on any atom is 0.257 e. The Labute approximate surface area is 177 Å². The molecule has 7 nitrogen and oxygen atoms in total. The second-order valence-corrected chi connectivity index (χ2v) is 9.57. The molecule has 0 atom stereocenters. The van der Waals surface area contributed by atoms with Crippen LogP contribution in [0.3, 0.4) is 0 Å². The van der Waals surface area contributed by atoms with Gasteiger partial charge < -0.3 is 19.1 Å². The molecule has 0 unspecified atom stereocenters. The van der Waals surface area contributed by atoms with Crippen LogP contribution in [-0.2, 0) is 22.8 Å². The molecule has 1 heterocycles. The van der Waals surface area contributed by atoms with Crippen molar-refractivity contribution in [2.75, 3.05) is 27.0 Å². The first-order valence-corrected chi connectivity index (χ1v) is 11.6. The number of fused-ring (bicyclic) bond motifs is 1. The smallest absolute Gasteiger partial charge is 0.257 e. The average Bonchev–Trinajstić information content (AvgIpc) is 2.70. The number of carbonyl (C=O) groups is 1. The predicted octanol–water partition coefficient (Wildman–Crippen LogP) is 3.09. The van der Waals surface area contributed by atoms with Crippen LogP contribution in [0.15, 0.2) is 35.2 Å². The van der Waals surface area contributed by atoms with Crippen LogP contribution < -0.4 is 14.2 Å². The van der Waals surface area contributed by atoms with Crippen LogP contribution in [0.1, 0.15) is 35.3 Å². The molecule has 0 aromatic heterocycles.